The first kappa shape index (κ1) is 11.1. The highest BCUT2D eigenvalue weighted by Crippen LogP contribution is 2.18. The van der Waals surface area contributed by atoms with Gasteiger partial charge in [0, 0.05) is 10.9 Å². The van der Waals surface area contributed by atoms with Crippen LogP contribution in [0.15, 0.2) is 34.8 Å². The molecule has 1 nitrogen and oxygen atoms in total. The van der Waals surface area contributed by atoms with E-state index >= 15 is 0 Å². The summed E-state index contributed by atoms with van der Waals surface area (Å²) in [6.07, 6.45) is 0.188. The molecule has 0 atom stereocenters. The Morgan fingerprint density at radius 2 is 2.21 bits per heavy atom. The molecular weight excluding hydrogens is 247 g/mol. The van der Waals surface area contributed by atoms with Crippen LogP contribution in [-0.4, -0.2) is 5.78 Å². The van der Waals surface area contributed by atoms with Gasteiger partial charge in [-0.15, -0.1) is 0 Å². The molecule has 1 aromatic rings. The van der Waals surface area contributed by atoms with Gasteiger partial charge in [-0.05, 0) is 25.1 Å². The molecule has 0 radical (unpaired) electrons. The number of rotatable bonds is 3. The average molecular weight is 257 g/mol. The van der Waals surface area contributed by atoms with Crippen molar-refractivity contribution in [2.24, 2.45) is 0 Å². The van der Waals surface area contributed by atoms with Crippen LogP contribution in [0.5, 0.6) is 0 Å². The quantitative estimate of drug-likeness (QED) is 0.595. The van der Waals surface area contributed by atoms with Crippen molar-refractivity contribution in [2.75, 3.05) is 0 Å². The molecule has 0 aromatic heterocycles. The Hall–Kier alpha value is -0.960. The fraction of sp³-hybridized carbons (Fsp3) is 0.182. The number of halogens is 2. The van der Waals surface area contributed by atoms with Gasteiger partial charge in [-0.2, -0.15) is 0 Å². The van der Waals surface area contributed by atoms with E-state index < -0.39 is 5.82 Å². The highest BCUT2D eigenvalue weighted by molar-refractivity contribution is 9.10. The second-order valence-electron chi connectivity index (χ2n) is 3.18. The van der Waals surface area contributed by atoms with Gasteiger partial charge in [0.15, 0.2) is 5.78 Å². The number of carbonyl (C=O) groups excluding carboxylic acids is 1. The van der Waals surface area contributed by atoms with E-state index in [4.69, 9.17) is 0 Å². The summed E-state index contributed by atoms with van der Waals surface area (Å²) in [4.78, 5) is 11.5. The molecule has 0 aliphatic carbocycles. The Morgan fingerprint density at radius 3 is 2.79 bits per heavy atom. The minimum atomic E-state index is -0.487. The van der Waals surface area contributed by atoms with E-state index in [1.165, 1.54) is 12.1 Å². The normalized spacial score (nSPS) is 9.93. The molecule has 0 saturated carbocycles. The van der Waals surface area contributed by atoms with E-state index in [-0.39, 0.29) is 17.8 Å². The monoisotopic (exact) mass is 256 g/mol. The summed E-state index contributed by atoms with van der Waals surface area (Å²) in [5.74, 6) is -0.726. The standard InChI is InChI=1S/C11H10BrFO/c1-7(2)5-11(14)9-6-8(12)3-4-10(9)13/h3-4,6H,1,5H2,2H3. The zero-order chi connectivity index (χ0) is 10.7. The number of hydrogen-bond donors (Lipinski definition) is 0. The smallest absolute Gasteiger partial charge is 0.169 e. The molecule has 1 aromatic carbocycles. The second-order valence-corrected chi connectivity index (χ2v) is 4.10. The molecule has 14 heavy (non-hydrogen) atoms. The van der Waals surface area contributed by atoms with Crippen molar-refractivity contribution in [3.8, 4) is 0 Å². The van der Waals surface area contributed by atoms with E-state index in [1.54, 1.807) is 13.0 Å². The Kier molecular flexibility index (Phi) is 3.58. The molecule has 0 aliphatic rings. The molecule has 3 heteroatoms. The first-order valence-corrected chi connectivity index (χ1v) is 4.92. The summed E-state index contributed by atoms with van der Waals surface area (Å²) in [6.45, 7) is 5.36. The first-order chi connectivity index (χ1) is 6.50. The molecule has 0 amide bonds. The lowest BCUT2D eigenvalue weighted by molar-refractivity contribution is 0.0989. The third-order valence-electron chi connectivity index (χ3n) is 1.69. The van der Waals surface area contributed by atoms with Crippen LogP contribution in [0.4, 0.5) is 4.39 Å². The predicted molar refractivity (Wildman–Crippen MR) is 57.9 cm³/mol. The highest BCUT2D eigenvalue weighted by atomic mass is 79.9. The van der Waals surface area contributed by atoms with Crippen molar-refractivity contribution in [3.05, 3.63) is 46.2 Å². The maximum Gasteiger partial charge on any atom is 0.169 e. The minimum Gasteiger partial charge on any atom is -0.294 e. The van der Waals surface area contributed by atoms with Gasteiger partial charge in [-0.1, -0.05) is 28.1 Å². The average Bonchev–Trinajstić information content (AvgIpc) is 2.08. The SMILES string of the molecule is C=C(C)CC(=O)c1cc(Br)ccc1F. The van der Waals surface area contributed by atoms with Crippen molar-refractivity contribution in [2.45, 2.75) is 13.3 Å². The maximum absolute atomic E-state index is 13.2. The van der Waals surface area contributed by atoms with E-state index in [1.807, 2.05) is 0 Å². The van der Waals surface area contributed by atoms with Crippen LogP contribution >= 0.6 is 15.9 Å². The summed E-state index contributed by atoms with van der Waals surface area (Å²) in [5, 5.41) is 0. The second kappa shape index (κ2) is 4.51. The van der Waals surface area contributed by atoms with Crippen molar-refractivity contribution in [1.82, 2.24) is 0 Å². The molecule has 74 valence electrons. The van der Waals surface area contributed by atoms with E-state index in [2.05, 4.69) is 22.5 Å². The van der Waals surface area contributed by atoms with Crippen LogP contribution in [0.25, 0.3) is 0 Å². The number of ketones is 1. The number of allylic oxidation sites excluding steroid dienone is 1. The van der Waals surface area contributed by atoms with Crippen LogP contribution in [0, 0.1) is 5.82 Å². The van der Waals surface area contributed by atoms with Crippen molar-refractivity contribution in [3.63, 3.8) is 0 Å². The third kappa shape index (κ3) is 2.77. The van der Waals surface area contributed by atoms with E-state index in [0.717, 1.165) is 5.57 Å². The number of hydrogen-bond acceptors (Lipinski definition) is 1. The topological polar surface area (TPSA) is 17.1 Å². The summed E-state index contributed by atoms with van der Waals surface area (Å²) in [6, 6.07) is 4.32. The van der Waals surface area contributed by atoms with Crippen LogP contribution in [0.2, 0.25) is 0 Å². The van der Waals surface area contributed by atoms with Crippen LogP contribution in [0.1, 0.15) is 23.7 Å². The summed E-state index contributed by atoms with van der Waals surface area (Å²) in [7, 11) is 0. The van der Waals surface area contributed by atoms with Crippen molar-refractivity contribution < 1.29 is 9.18 Å². The predicted octanol–water partition coefficient (Wildman–Crippen LogP) is 3.74. The Bertz CT molecular complexity index is 385. The summed E-state index contributed by atoms with van der Waals surface area (Å²) >= 11 is 3.19. The molecule has 0 bridgehead atoms. The Labute approximate surface area is 90.8 Å². The third-order valence-corrected chi connectivity index (χ3v) is 2.18. The van der Waals surface area contributed by atoms with E-state index in [9.17, 15) is 9.18 Å². The lowest BCUT2D eigenvalue weighted by Crippen LogP contribution is -2.02. The highest BCUT2D eigenvalue weighted by Gasteiger charge is 2.11. The van der Waals surface area contributed by atoms with Gasteiger partial charge in [0.2, 0.25) is 0 Å². The van der Waals surface area contributed by atoms with Gasteiger partial charge >= 0.3 is 0 Å². The fourth-order valence-electron chi connectivity index (χ4n) is 1.08. The molecular formula is C11H10BrFO. The lowest BCUT2D eigenvalue weighted by Gasteiger charge is -2.02. The largest absolute Gasteiger partial charge is 0.294 e. The molecule has 0 spiro atoms. The van der Waals surface area contributed by atoms with Crippen molar-refractivity contribution >= 4 is 21.7 Å². The maximum atomic E-state index is 13.2. The Morgan fingerprint density at radius 1 is 1.57 bits per heavy atom. The van der Waals surface area contributed by atoms with Gasteiger partial charge in [0.05, 0.1) is 5.56 Å². The number of carbonyl (C=O) groups is 1. The fourth-order valence-corrected chi connectivity index (χ4v) is 1.44. The van der Waals surface area contributed by atoms with Crippen LogP contribution < -0.4 is 0 Å². The molecule has 0 saturated heterocycles. The van der Waals surface area contributed by atoms with Gasteiger partial charge in [0.1, 0.15) is 5.82 Å². The molecule has 0 unspecified atom stereocenters. The van der Waals surface area contributed by atoms with E-state index in [0.29, 0.717) is 4.47 Å². The summed E-state index contributed by atoms with van der Waals surface area (Å²) < 4.78 is 13.9. The molecule has 0 aliphatic heterocycles. The van der Waals surface area contributed by atoms with Crippen molar-refractivity contribution in [1.29, 1.82) is 0 Å². The Balaban J connectivity index is 3.00. The zero-order valence-electron chi connectivity index (χ0n) is 7.81. The molecule has 0 N–H and O–H groups in total. The van der Waals surface area contributed by atoms with Crippen LogP contribution in [-0.2, 0) is 0 Å². The summed E-state index contributed by atoms with van der Waals surface area (Å²) in [5.41, 5.74) is 0.844. The number of Topliss-reactive ketones (excluding diaryl/α,β-unsaturated/α-hetero) is 1. The van der Waals surface area contributed by atoms with Gasteiger partial charge in [-0.25, -0.2) is 4.39 Å². The van der Waals surface area contributed by atoms with Gasteiger partial charge in [0.25, 0.3) is 0 Å². The van der Waals surface area contributed by atoms with Gasteiger partial charge < -0.3 is 0 Å². The molecule has 0 fully saturated rings. The lowest BCUT2D eigenvalue weighted by atomic mass is 10.0. The molecule has 1 rings (SSSR count). The number of benzene rings is 1. The first-order valence-electron chi connectivity index (χ1n) is 4.13. The van der Waals surface area contributed by atoms with Crippen LogP contribution in [0.3, 0.4) is 0 Å². The minimum absolute atomic E-state index is 0.113. The zero-order valence-corrected chi connectivity index (χ0v) is 9.40. The molecule has 0 heterocycles. The van der Waals surface area contributed by atoms with Gasteiger partial charge in [-0.3, -0.25) is 4.79 Å².